The van der Waals surface area contributed by atoms with Crippen LogP contribution in [0.25, 0.3) is 0 Å². The number of amides is 2. The van der Waals surface area contributed by atoms with E-state index in [0.29, 0.717) is 17.6 Å². The molecule has 2 fully saturated rings. The van der Waals surface area contributed by atoms with E-state index in [-0.39, 0.29) is 18.4 Å². The monoisotopic (exact) mass is 297 g/mol. The lowest BCUT2D eigenvalue weighted by atomic mass is 10.0. The Hall–Kier alpha value is -1.46. The Morgan fingerprint density at radius 1 is 1.30 bits per heavy atom. The van der Waals surface area contributed by atoms with Gasteiger partial charge in [0, 0.05) is 26.2 Å². The molecule has 1 aromatic rings. The van der Waals surface area contributed by atoms with Gasteiger partial charge in [0.1, 0.15) is 5.75 Å². The fraction of sp³-hybridized carbons (Fsp3) is 0.500. The Morgan fingerprint density at radius 3 is 2.60 bits per heavy atom. The van der Waals surface area contributed by atoms with Crippen LogP contribution in [0.5, 0.6) is 5.75 Å². The normalized spacial score (nSPS) is 23.9. The summed E-state index contributed by atoms with van der Waals surface area (Å²) in [6, 6.07) is 7.45. The Morgan fingerprint density at radius 2 is 1.95 bits per heavy atom. The van der Waals surface area contributed by atoms with Gasteiger partial charge in [0.15, 0.2) is 0 Å². The number of methoxy groups -OCH3 is 1. The number of urea groups is 1. The Kier molecular flexibility index (Phi) is 4.73. The molecule has 2 aliphatic heterocycles. The minimum absolute atomic E-state index is 0. The first-order chi connectivity index (χ1) is 9.28. The van der Waals surface area contributed by atoms with E-state index < -0.39 is 0 Å². The van der Waals surface area contributed by atoms with E-state index >= 15 is 0 Å². The number of likely N-dealkylation sites (tertiary alicyclic amines) is 1. The van der Waals surface area contributed by atoms with Crippen LogP contribution in [0.3, 0.4) is 0 Å². The van der Waals surface area contributed by atoms with Crippen LogP contribution >= 0.6 is 12.4 Å². The second-order valence-electron chi connectivity index (χ2n) is 5.21. The second kappa shape index (κ2) is 6.33. The zero-order valence-corrected chi connectivity index (χ0v) is 12.3. The highest BCUT2D eigenvalue weighted by molar-refractivity contribution is 5.91. The Balaban J connectivity index is 0.00000147. The minimum atomic E-state index is -0.0288. The van der Waals surface area contributed by atoms with Gasteiger partial charge in [-0.1, -0.05) is 12.1 Å². The van der Waals surface area contributed by atoms with Gasteiger partial charge in [0.25, 0.3) is 0 Å². The summed E-state index contributed by atoms with van der Waals surface area (Å²) >= 11 is 0. The first-order valence-corrected chi connectivity index (χ1v) is 6.67. The lowest BCUT2D eigenvalue weighted by molar-refractivity contribution is 0.219. The predicted molar refractivity (Wildman–Crippen MR) is 80.7 cm³/mol. The van der Waals surface area contributed by atoms with Crippen LogP contribution in [0, 0.1) is 11.8 Å². The minimum Gasteiger partial charge on any atom is -0.495 e. The first-order valence-electron chi connectivity index (χ1n) is 6.67. The van der Waals surface area contributed by atoms with Crippen molar-refractivity contribution < 1.29 is 9.53 Å². The van der Waals surface area contributed by atoms with Crippen molar-refractivity contribution >= 4 is 24.1 Å². The van der Waals surface area contributed by atoms with E-state index in [1.54, 1.807) is 7.11 Å². The maximum atomic E-state index is 12.3. The summed E-state index contributed by atoms with van der Waals surface area (Å²) in [6.07, 6.45) is 0. The topological polar surface area (TPSA) is 53.6 Å². The van der Waals surface area contributed by atoms with Crippen LogP contribution in [-0.2, 0) is 0 Å². The van der Waals surface area contributed by atoms with Crippen LogP contribution < -0.4 is 15.4 Å². The van der Waals surface area contributed by atoms with Crippen LogP contribution in [0.15, 0.2) is 24.3 Å². The zero-order chi connectivity index (χ0) is 13.2. The van der Waals surface area contributed by atoms with Gasteiger partial charge in [-0.2, -0.15) is 0 Å². The molecule has 2 atom stereocenters. The van der Waals surface area contributed by atoms with Gasteiger partial charge in [0.2, 0.25) is 0 Å². The molecule has 1 aromatic carbocycles. The Bertz CT molecular complexity index is 471. The molecule has 0 bridgehead atoms. The number of anilines is 1. The van der Waals surface area contributed by atoms with Gasteiger partial charge in [-0.3, -0.25) is 0 Å². The highest BCUT2D eigenvalue weighted by atomic mass is 35.5. The summed E-state index contributed by atoms with van der Waals surface area (Å²) in [5.74, 6) is 1.92. The molecule has 2 amide bonds. The number of ether oxygens (including phenoxy) is 1. The third-order valence-electron chi connectivity index (χ3n) is 4.03. The fourth-order valence-electron chi connectivity index (χ4n) is 2.96. The summed E-state index contributed by atoms with van der Waals surface area (Å²) in [5, 5.41) is 6.31. The van der Waals surface area contributed by atoms with Gasteiger partial charge in [0.05, 0.1) is 12.8 Å². The molecule has 20 heavy (non-hydrogen) atoms. The van der Waals surface area contributed by atoms with Crippen molar-refractivity contribution in [2.45, 2.75) is 0 Å². The zero-order valence-electron chi connectivity index (χ0n) is 11.5. The Labute approximate surface area is 125 Å². The van der Waals surface area contributed by atoms with Gasteiger partial charge >= 0.3 is 6.03 Å². The maximum Gasteiger partial charge on any atom is 0.321 e. The van der Waals surface area contributed by atoms with Gasteiger partial charge < -0.3 is 20.3 Å². The number of carbonyl (C=O) groups is 1. The molecule has 2 aliphatic rings. The van der Waals surface area contributed by atoms with Crippen LogP contribution in [0.4, 0.5) is 10.5 Å². The van der Waals surface area contributed by atoms with E-state index in [0.717, 1.165) is 31.9 Å². The van der Waals surface area contributed by atoms with Crippen molar-refractivity contribution in [2.75, 3.05) is 38.6 Å². The number of nitrogens with one attached hydrogen (secondary N) is 2. The molecule has 2 N–H and O–H groups in total. The highest BCUT2D eigenvalue weighted by Crippen LogP contribution is 2.28. The lowest BCUT2D eigenvalue weighted by Gasteiger charge is -2.19. The van der Waals surface area contributed by atoms with E-state index in [4.69, 9.17) is 4.74 Å². The predicted octanol–water partition coefficient (Wildman–Crippen LogP) is 1.80. The third kappa shape index (κ3) is 2.83. The smallest absolute Gasteiger partial charge is 0.321 e. The summed E-state index contributed by atoms with van der Waals surface area (Å²) in [7, 11) is 1.61. The van der Waals surface area contributed by atoms with Gasteiger partial charge in [-0.25, -0.2) is 4.79 Å². The molecule has 2 saturated heterocycles. The summed E-state index contributed by atoms with van der Waals surface area (Å²) in [4.78, 5) is 14.2. The van der Waals surface area contributed by atoms with E-state index in [1.165, 1.54) is 0 Å². The second-order valence-corrected chi connectivity index (χ2v) is 5.21. The quantitative estimate of drug-likeness (QED) is 0.875. The van der Waals surface area contributed by atoms with Crippen LogP contribution in [0.1, 0.15) is 0 Å². The van der Waals surface area contributed by atoms with E-state index in [2.05, 4.69) is 10.6 Å². The SMILES string of the molecule is COc1ccccc1NC(=O)N1CC2CNCC2C1.Cl. The van der Waals surface area contributed by atoms with Crippen molar-refractivity contribution in [1.29, 1.82) is 0 Å². The first kappa shape index (κ1) is 14.9. The molecular weight excluding hydrogens is 278 g/mol. The number of halogens is 1. The van der Waals surface area contributed by atoms with Crippen molar-refractivity contribution in [3.8, 4) is 5.75 Å². The highest BCUT2D eigenvalue weighted by Gasteiger charge is 2.38. The van der Waals surface area contributed by atoms with Crippen LogP contribution in [0.2, 0.25) is 0 Å². The van der Waals surface area contributed by atoms with Crippen LogP contribution in [-0.4, -0.2) is 44.2 Å². The number of para-hydroxylation sites is 2. The van der Waals surface area contributed by atoms with Crippen molar-refractivity contribution in [3.05, 3.63) is 24.3 Å². The molecular formula is C14H20ClN3O2. The van der Waals surface area contributed by atoms with Crippen molar-refractivity contribution in [1.82, 2.24) is 10.2 Å². The summed E-state index contributed by atoms with van der Waals surface area (Å²) in [5.41, 5.74) is 0.727. The lowest BCUT2D eigenvalue weighted by Crippen LogP contribution is -2.35. The molecule has 3 rings (SSSR count). The summed E-state index contributed by atoms with van der Waals surface area (Å²) < 4.78 is 5.24. The van der Waals surface area contributed by atoms with Gasteiger partial charge in [-0.05, 0) is 24.0 Å². The molecule has 5 nitrogen and oxygen atoms in total. The molecule has 0 aliphatic carbocycles. The average Bonchev–Trinajstić information content (AvgIpc) is 3.00. The number of hydrogen-bond acceptors (Lipinski definition) is 3. The average molecular weight is 298 g/mol. The van der Waals surface area contributed by atoms with Crippen molar-refractivity contribution in [2.24, 2.45) is 11.8 Å². The molecule has 2 heterocycles. The van der Waals surface area contributed by atoms with Gasteiger partial charge in [-0.15, -0.1) is 12.4 Å². The number of hydrogen-bond donors (Lipinski definition) is 2. The molecule has 0 saturated carbocycles. The summed E-state index contributed by atoms with van der Waals surface area (Å²) in [6.45, 7) is 3.75. The largest absolute Gasteiger partial charge is 0.495 e. The third-order valence-corrected chi connectivity index (χ3v) is 4.03. The van der Waals surface area contributed by atoms with E-state index in [1.807, 2.05) is 29.2 Å². The fourth-order valence-corrected chi connectivity index (χ4v) is 2.96. The number of carbonyl (C=O) groups excluding carboxylic acids is 1. The molecule has 110 valence electrons. The maximum absolute atomic E-state index is 12.3. The number of fused-ring (bicyclic) bond motifs is 1. The molecule has 2 unspecified atom stereocenters. The molecule has 0 aromatic heterocycles. The standard InChI is InChI=1S/C14H19N3O2.ClH/c1-19-13-5-3-2-4-12(13)16-14(18)17-8-10-6-15-7-11(10)9-17;/h2-5,10-11,15H,6-9H2,1H3,(H,16,18);1H. The molecule has 6 heteroatoms. The van der Waals surface area contributed by atoms with E-state index in [9.17, 15) is 4.79 Å². The molecule has 0 spiro atoms. The number of rotatable bonds is 2. The molecule has 0 radical (unpaired) electrons. The number of benzene rings is 1. The number of nitrogens with zero attached hydrogens (tertiary/aromatic N) is 1. The van der Waals surface area contributed by atoms with Crippen molar-refractivity contribution in [3.63, 3.8) is 0 Å².